The van der Waals surface area contributed by atoms with Crippen molar-refractivity contribution >= 4 is 15.9 Å². The predicted molar refractivity (Wildman–Crippen MR) is 111 cm³/mol. The number of hydrogen-bond acceptors (Lipinski definition) is 5. The van der Waals surface area contributed by atoms with Crippen molar-refractivity contribution in [2.75, 3.05) is 6.54 Å². The molecule has 1 aliphatic rings. The Bertz CT molecular complexity index is 1110. The minimum atomic E-state index is -3.58. The number of rotatable bonds is 7. The summed E-state index contributed by atoms with van der Waals surface area (Å²) in [5.74, 6) is -0.0785. The third-order valence-corrected chi connectivity index (χ3v) is 6.97. The molecule has 1 aliphatic heterocycles. The Labute approximate surface area is 175 Å². The SMILES string of the molecule is O=C(CCc1nnn2c1CN(S(=O)(=O)c1ccccc1)CC2)NCc1ccccc1. The average Bonchev–Trinajstić information content (AvgIpc) is 3.20. The molecule has 156 valence electrons. The maximum atomic E-state index is 12.9. The number of amides is 1. The van der Waals surface area contributed by atoms with Gasteiger partial charge in [0.15, 0.2) is 0 Å². The van der Waals surface area contributed by atoms with Gasteiger partial charge in [-0.05, 0) is 17.7 Å². The van der Waals surface area contributed by atoms with E-state index in [1.807, 2.05) is 30.3 Å². The molecule has 1 amide bonds. The lowest BCUT2D eigenvalue weighted by molar-refractivity contribution is -0.121. The Kier molecular flexibility index (Phi) is 5.91. The fourth-order valence-corrected chi connectivity index (χ4v) is 4.84. The van der Waals surface area contributed by atoms with Crippen molar-refractivity contribution in [3.05, 3.63) is 77.6 Å². The molecule has 4 rings (SSSR count). The number of aromatic nitrogens is 3. The fraction of sp³-hybridized carbons (Fsp3) is 0.286. The number of hydrogen-bond donors (Lipinski definition) is 1. The van der Waals surface area contributed by atoms with E-state index in [0.717, 1.165) is 11.3 Å². The van der Waals surface area contributed by atoms with Gasteiger partial charge in [-0.15, -0.1) is 5.10 Å². The third kappa shape index (κ3) is 4.42. The van der Waals surface area contributed by atoms with Crippen molar-refractivity contribution in [1.82, 2.24) is 24.6 Å². The van der Waals surface area contributed by atoms with E-state index in [1.54, 1.807) is 35.0 Å². The average molecular weight is 426 g/mol. The Morgan fingerprint density at radius 3 is 2.43 bits per heavy atom. The molecule has 2 aromatic carbocycles. The van der Waals surface area contributed by atoms with E-state index in [-0.39, 0.29) is 23.8 Å². The Hall–Kier alpha value is -3.04. The van der Waals surface area contributed by atoms with E-state index >= 15 is 0 Å². The van der Waals surface area contributed by atoms with E-state index < -0.39 is 10.0 Å². The number of carbonyl (C=O) groups is 1. The van der Waals surface area contributed by atoms with Crippen molar-refractivity contribution in [3.63, 3.8) is 0 Å². The third-order valence-electron chi connectivity index (χ3n) is 5.11. The highest BCUT2D eigenvalue weighted by Gasteiger charge is 2.30. The first-order valence-corrected chi connectivity index (χ1v) is 11.2. The summed E-state index contributed by atoms with van der Waals surface area (Å²) in [6, 6.07) is 18.1. The molecular weight excluding hydrogens is 402 g/mol. The van der Waals surface area contributed by atoms with E-state index in [1.165, 1.54) is 4.31 Å². The second kappa shape index (κ2) is 8.76. The summed E-state index contributed by atoms with van der Waals surface area (Å²) in [7, 11) is -3.58. The van der Waals surface area contributed by atoms with E-state index in [9.17, 15) is 13.2 Å². The Balaban J connectivity index is 1.39. The maximum Gasteiger partial charge on any atom is 0.243 e. The highest BCUT2D eigenvalue weighted by molar-refractivity contribution is 7.89. The normalized spacial score (nSPS) is 14.3. The van der Waals surface area contributed by atoms with Crippen molar-refractivity contribution in [2.24, 2.45) is 0 Å². The topological polar surface area (TPSA) is 97.2 Å². The van der Waals surface area contributed by atoms with Gasteiger partial charge in [0.1, 0.15) is 0 Å². The summed E-state index contributed by atoms with van der Waals surface area (Å²) in [4.78, 5) is 12.5. The zero-order valence-electron chi connectivity index (χ0n) is 16.4. The van der Waals surface area contributed by atoms with Crippen LogP contribution in [0.2, 0.25) is 0 Å². The molecule has 0 atom stereocenters. The molecule has 1 N–H and O–H groups in total. The van der Waals surface area contributed by atoms with Gasteiger partial charge in [-0.25, -0.2) is 13.1 Å². The van der Waals surface area contributed by atoms with Gasteiger partial charge in [0, 0.05) is 25.9 Å². The molecule has 0 unspecified atom stereocenters. The molecule has 30 heavy (non-hydrogen) atoms. The van der Waals surface area contributed by atoms with Crippen LogP contribution in [0, 0.1) is 0 Å². The minimum absolute atomic E-state index is 0.0785. The summed E-state index contributed by atoms with van der Waals surface area (Å²) in [5.41, 5.74) is 2.45. The van der Waals surface area contributed by atoms with Crippen molar-refractivity contribution in [2.45, 2.75) is 37.4 Å². The maximum absolute atomic E-state index is 12.9. The second-order valence-electron chi connectivity index (χ2n) is 7.12. The Morgan fingerprint density at radius 1 is 1.00 bits per heavy atom. The first-order valence-electron chi connectivity index (χ1n) is 9.81. The van der Waals surface area contributed by atoms with Crippen LogP contribution in [-0.4, -0.2) is 40.2 Å². The summed E-state index contributed by atoms with van der Waals surface area (Å²) < 4.78 is 29.0. The van der Waals surface area contributed by atoms with E-state index in [0.29, 0.717) is 31.7 Å². The minimum Gasteiger partial charge on any atom is -0.352 e. The van der Waals surface area contributed by atoms with Crippen LogP contribution in [0.25, 0.3) is 0 Å². The van der Waals surface area contributed by atoms with Crippen LogP contribution >= 0.6 is 0 Å². The molecule has 0 fully saturated rings. The summed E-state index contributed by atoms with van der Waals surface area (Å²) in [6.07, 6.45) is 0.680. The zero-order chi connectivity index (χ0) is 21.0. The van der Waals surface area contributed by atoms with Crippen molar-refractivity contribution < 1.29 is 13.2 Å². The molecule has 0 spiro atoms. The molecule has 1 aromatic heterocycles. The highest BCUT2D eigenvalue weighted by atomic mass is 32.2. The number of nitrogens with zero attached hydrogens (tertiary/aromatic N) is 4. The monoisotopic (exact) mass is 425 g/mol. The quantitative estimate of drug-likeness (QED) is 0.622. The smallest absolute Gasteiger partial charge is 0.243 e. The first-order chi connectivity index (χ1) is 14.5. The molecule has 8 nitrogen and oxygen atoms in total. The summed E-state index contributed by atoms with van der Waals surface area (Å²) >= 11 is 0. The van der Waals surface area contributed by atoms with Crippen LogP contribution in [0.3, 0.4) is 0 Å². The predicted octanol–water partition coefficient (Wildman–Crippen LogP) is 1.73. The number of benzene rings is 2. The van der Waals surface area contributed by atoms with Gasteiger partial charge in [0.2, 0.25) is 15.9 Å². The van der Waals surface area contributed by atoms with Crippen LogP contribution in [0.1, 0.15) is 23.4 Å². The molecular formula is C21H23N5O3S. The molecule has 9 heteroatoms. The second-order valence-corrected chi connectivity index (χ2v) is 9.06. The fourth-order valence-electron chi connectivity index (χ4n) is 3.43. The van der Waals surface area contributed by atoms with Crippen LogP contribution in [0.15, 0.2) is 65.6 Å². The van der Waals surface area contributed by atoms with Gasteiger partial charge < -0.3 is 5.32 Å². The van der Waals surface area contributed by atoms with E-state index in [4.69, 9.17) is 0 Å². The zero-order valence-corrected chi connectivity index (χ0v) is 17.3. The number of carbonyl (C=O) groups excluding carboxylic acids is 1. The Morgan fingerprint density at radius 2 is 1.70 bits per heavy atom. The first kappa shape index (κ1) is 20.2. The number of aryl methyl sites for hydroxylation is 1. The van der Waals surface area contributed by atoms with Gasteiger partial charge >= 0.3 is 0 Å². The largest absolute Gasteiger partial charge is 0.352 e. The molecule has 0 bridgehead atoms. The molecule has 0 saturated heterocycles. The number of nitrogens with one attached hydrogen (secondary N) is 1. The van der Waals surface area contributed by atoms with Crippen molar-refractivity contribution in [1.29, 1.82) is 0 Å². The van der Waals surface area contributed by atoms with Crippen LogP contribution in [-0.2, 0) is 40.9 Å². The molecule has 2 heterocycles. The lowest BCUT2D eigenvalue weighted by atomic mass is 10.1. The number of sulfonamides is 1. The molecule has 0 aliphatic carbocycles. The number of fused-ring (bicyclic) bond motifs is 1. The summed E-state index contributed by atoms with van der Waals surface area (Å²) in [6.45, 7) is 1.45. The van der Waals surface area contributed by atoms with Gasteiger partial charge in [-0.1, -0.05) is 53.7 Å². The van der Waals surface area contributed by atoms with Crippen molar-refractivity contribution in [3.8, 4) is 0 Å². The molecule has 0 radical (unpaired) electrons. The molecule has 0 saturated carbocycles. The summed E-state index contributed by atoms with van der Waals surface area (Å²) in [5, 5.41) is 11.2. The molecule has 3 aromatic rings. The van der Waals surface area contributed by atoms with Crippen LogP contribution in [0.5, 0.6) is 0 Å². The van der Waals surface area contributed by atoms with E-state index in [2.05, 4.69) is 15.6 Å². The van der Waals surface area contributed by atoms with Gasteiger partial charge in [-0.2, -0.15) is 4.31 Å². The van der Waals surface area contributed by atoms with Gasteiger partial charge in [0.05, 0.1) is 29.4 Å². The van der Waals surface area contributed by atoms with Crippen LogP contribution in [0.4, 0.5) is 0 Å². The van der Waals surface area contributed by atoms with Crippen LogP contribution < -0.4 is 5.32 Å². The van der Waals surface area contributed by atoms with Gasteiger partial charge in [0.25, 0.3) is 0 Å². The highest BCUT2D eigenvalue weighted by Crippen LogP contribution is 2.23. The van der Waals surface area contributed by atoms with Gasteiger partial charge in [-0.3, -0.25) is 4.79 Å². The lowest BCUT2D eigenvalue weighted by Gasteiger charge is -2.27. The lowest BCUT2D eigenvalue weighted by Crippen LogP contribution is -2.38. The standard InChI is InChI=1S/C21H23N5O3S/c27-21(22-15-17-7-3-1-4-8-17)12-11-19-20-16-25(13-14-26(20)24-23-19)30(28,29)18-9-5-2-6-10-18/h1-10H,11-16H2,(H,22,27).